The molecule has 1 fully saturated rings. The molecule has 3 N–H and O–H groups in total. The van der Waals surface area contributed by atoms with Gasteiger partial charge >= 0.3 is 0 Å². The number of aliphatic hydroxyl groups excluding tert-OH is 1. The van der Waals surface area contributed by atoms with Gasteiger partial charge in [-0.15, -0.1) is 0 Å². The summed E-state index contributed by atoms with van der Waals surface area (Å²) < 4.78 is 11.5. The van der Waals surface area contributed by atoms with Gasteiger partial charge in [-0.3, -0.25) is 0 Å². The number of ether oxygens (including phenoxy) is 2. The monoisotopic (exact) mass is 458 g/mol. The first kappa shape index (κ1) is 22.1. The molecule has 0 bridgehead atoms. The van der Waals surface area contributed by atoms with Crippen molar-refractivity contribution in [2.75, 3.05) is 37.0 Å². The Morgan fingerprint density at radius 3 is 2.91 bits per heavy atom. The van der Waals surface area contributed by atoms with Crippen LogP contribution in [0.4, 0.5) is 17.3 Å². The minimum absolute atomic E-state index is 0.0190. The molecule has 2 aliphatic rings. The van der Waals surface area contributed by atoms with Crippen LogP contribution in [0.1, 0.15) is 30.9 Å². The van der Waals surface area contributed by atoms with Crippen LogP contribution in [0.5, 0.6) is 5.88 Å². The molecule has 1 atom stereocenters. The predicted molar refractivity (Wildman–Crippen MR) is 127 cm³/mol. The summed E-state index contributed by atoms with van der Waals surface area (Å²) in [5.41, 5.74) is 3.88. The van der Waals surface area contributed by atoms with E-state index in [0.29, 0.717) is 48.5 Å². The molecule has 2 aromatic heterocycles. The fourth-order valence-electron chi connectivity index (χ4n) is 4.30. The second-order valence-corrected chi connectivity index (χ2v) is 8.81. The Labute approximate surface area is 197 Å². The average molecular weight is 459 g/mol. The number of rotatable bonds is 6. The molecule has 4 heterocycles. The third-order valence-corrected chi connectivity index (χ3v) is 6.33. The maximum Gasteiger partial charge on any atom is 0.238 e. The summed E-state index contributed by atoms with van der Waals surface area (Å²) in [6.07, 6.45) is 5.06. The van der Waals surface area contributed by atoms with Gasteiger partial charge in [0.15, 0.2) is 0 Å². The van der Waals surface area contributed by atoms with Crippen molar-refractivity contribution in [3.63, 3.8) is 0 Å². The van der Waals surface area contributed by atoms with E-state index in [9.17, 15) is 10.4 Å². The number of hydrogen-bond donors (Lipinski definition) is 3. The molecule has 0 amide bonds. The van der Waals surface area contributed by atoms with E-state index in [4.69, 9.17) is 9.47 Å². The molecule has 9 heteroatoms. The van der Waals surface area contributed by atoms with Gasteiger partial charge in [0.2, 0.25) is 11.8 Å². The first-order chi connectivity index (χ1) is 16.6. The van der Waals surface area contributed by atoms with E-state index in [1.807, 2.05) is 31.2 Å². The van der Waals surface area contributed by atoms with E-state index < -0.39 is 5.41 Å². The van der Waals surface area contributed by atoms with Gasteiger partial charge in [-0.25, -0.2) is 15.0 Å². The summed E-state index contributed by atoms with van der Waals surface area (Å²) >= 11 is 0. The van der Waals surface area contributed by atoms with E-state index in [1.165, 1.54) is 0 Å². The number of anilines is 3. The lowest BCUT2D eigenvalue weighted by Crippen LogP contribution is -2.28. The molecule has 0 unspecified atom stereocenters. The van der Waals surface area contributed by atoms with Crippen LogP contribution < -0.4 is 15.4 Å². The molecular weight excluding hydrogens is 432 g/mol. The average Bonchev–Trinajstić information content (AvgIpc) is 3.22. The van der Waals surface area contributed by atoms with Gasteiger partial charge in [-0.2, -0.15) is 5.26 Å². The fraction of sp³-hybridized carbons (Fsp3) is 0.360. The van der Waals surface area contributed by atoms with Crippen LogP contribution in [0.2, 0.25) is 0 Å². The van der Waals surface area contributed by atoms with Crippen molar-refractivity contribution in [3.05, 3.63) is 53.9 Å². The summed E-state index contributed by atoms with van der Waals surface area (Å²) in [5, 5.41) is 26.2. The molecular formula is C25H26N6O3. The molecule has 3 aromatic rings. The molecule has 0 aliphatic carbocycles. The van der Waals surface area contributed by atoms with Gasteiger partial charge in [0, 0.05) is 42.8 Å². The quantitative estimate of drug-likeness (QED) is 0.510. The second kappa shape index (κ2) is 9.25. The van der Waals surface area contributed by atoms with E-state index in [1.54, 1.807) is 18.5 Å². The van der Waals surface area contributed by atoms with Crippen LogP contribution in [-0.2, 0) is 10.2 Å². The summed E-state index contributed by atoms with van der Waals surface area (Å²) in [6.45, 7) is 3.90. The summed E-state index contributed by atoms with van der Waals surface area (Å²) in [4.78, 5) is 13.4. The van der Waals surface area contributed by atoms with Gasteiger partial charge < -0.3 is 25.2 Å². The topological polar surface area (TPSA) is 125 Å². The first-order valence-corrected chi connectivity index (χ1v) is 11.3. The number of aromatic nitrogens is 3. The Hall–Kier alpha value is -3.74. The molecule has 9 nitrogen and oxygen atoms in total. The highest BCUT2D eigenvalue weighted by Gasteiger charge is 2.36. The third kappa shape index (κ3) is 4.25. The highest BCUT2D eigenvalue weighted by atomic mass is 16.5. The smallest absolute Gasteiger partial charge is 0.238 e. The van der Waals surface area contributed by atoms with Gasteiger partial charge in [0.05, 0.1) is 36.8 Å². The number of benzene rings is 1. The van der Waals surface area contributed by atoms with Crippen molar-refractivity contribution >= 4 is 17.3 Å². The molecule has 2 aliphatic heterocycles. The van der Waals surface area contributed by atoms with Crippen molar-refractivity contribution in [2.24, 2.45) is 0 Å². The molecule has 5 rings (SSSR count). The Bertz CT molecular complexity index is 1240. The van der Waals surface area contributed by atoms with Crippen molar-refractivity contribution in [2.45, 2.75) is 31.3 Å². The number of fused-ring (bicyclic) bond motifs is 1. The van der Waals surface area contributed by atoms with Gasteiger partial charge in [-0.05, 0) is 35.9 Å². The zero-order chi connectivity index (χ0) is 23.5. The van der Waals surface area contributed by atoms with Crippen LogP contribution in [0.15, 0.2) is 42.7 Å². The second-order valence-electron chi connectivity index (χ2n) is 8.81. The number of aliphatic hydroxyl groups is 1. The van der Waals surface area contributed by atoms with E-state index in [0.717, 1.165) is 29.7 Å². The Balaban J connectivity index is 1.44. The SMILES string of the molecule is C[C@]1(CO)CNc2c(C#N)cc(-c3ccnc(Nc4cccnc4OC4CCOCC4)n3)cc21. The van der Waals surface area contributed by atoms with Crippen LogP contribution >= 0.6 is 0 Å². The Kier molecular flexibility index (Phi) is 6.01. The maximum atomic E-state index is 9.97. The predicted octanol–water partition coefficient (Wildman–Crippen LogP) is 3.39. The highest BCUT2D eigenvalue weighted by molar-refractivity contribution is 5.76. The molecule has 0 radical (unpaired) electrons. The van der Waals surface area contributed by atoms with Crippen LogP contribution in [0.25, 0.3) is 11.3 Å². The normalized spacial score (nSPS) is 19.7. The van der Waals surface area contributed by atoms with Gasteiger partial charge in [0.25, 0.3) is 0 Å². The summed E-state index contributed by atoms with van der Waals surface area (Å²) in [6, 6.07) is 11.6. The number of pyridine rings is 1. The molecule has 0 spiro atoms. The lowest BCUT2D eigenvalue weighted by atomic mass is 9.83. The van der Waals surface area contributed by atoms with E-state index in [-0.39, 0.29) is 12.7 Å². The number of nitrogens with one attached hydrogen (secondary N) is 2. The zero-order valence-corrected chi connectivity index (χ0v) is 18.9. The third-order valence-electron chi connectivity index (χ3n) is 6.33. The minimum atomic E-state index is -0.461. The van der Waals surface area contributed by atoms with Crippen LogP contribution in [0.3, 0.4) is 0 Å². The molecule has 174 valence electrons. The lowest BCUT2D eigenvalue weighted by Gasteiger charge is -2.23. The largest absolute Gasteiger partial charge is 0.473 e. The molecule has 1 aromatic carbocycles. The fourth-order valence-corrected chi connectivity index (χ4v) is 4.30. The van der Waals surface area contributed by atoms with Crippen molar-refractivity contribution in [1.82, 2.24) is 15.0 Å². The van der Waals surface area contributed by atoms with Crippen LogP contribution in [0, 0.1) is 11.3 Å². The minimum Gasteiger partial charge on any atom is -0.473 e. The Morgan fingerprint density at radius 1 is 1.26 bits per heavy atom. The van der Waals surface area contributed by atoms with E-state index >= 15 is 0 Å². The van der Waals surface area contributed by atoms with Crippen LogP contribution in [-0.4, -0.2) is 52.5 Å². The number of hydrogen-bond acceptors (Lipinski definition) is 9. The Morgan fingerprint density at radius 2 is 2.12 bits per heavy atom. The number of nitrogens with zero attached hydrogens (tertiary/aromatic N) is 4. The number of nitriles is 1. The zero-order valence-electron chi connectivity index (χ0n) is 18.9. The van der Waals surface area contributed by atoms with Crippen molar-refractivity contribution in [1.29, 1.82) is 5.26 Å². The lowest BCUT2D eigenvalue weighted by molar-refractivity contribution is 0.0240. The molecule has 1 saturated heterocycles. The van der Waals surface area contributed by atoms with Crippen molar-refractivity contribution in [3.8, 4) is 23.2 Å². The van der Waals surface area contributed by atoms with Gasteiger partial charge in [0.1, 0.15) is 17.9 Å². The summed E-state index contributed by atoms with van der Waals surface area (Å²) in [7, 11) is 0. The maximum absolute atomic E-state index is 9.97. The standard InChI is InChI=1S/C25H26N6O3/c1-25(15-32)14-29-22-17(13-26)11-16(12-19(22)25)20-4-8-28-24(30-20)31-21-3-2-7-27-23(21)34-18-5-9-33-10-6-18/h2-4,7-8,11-12,18,29,32H,5-6,9-10,14-15H2,1H3,(H,28,30,31)/t25-/m1/s1. The highest BCUT2D eigenvalue weighted by Crippen LogP contribution is 2.41. The van der Waals surface area contributed by atoms with Crippen molar-refractivity contribution < 1.29 is 14.6 Å². The summed E-state index contributed by atoms with van der Waals surface area (Å²) in [5.74, 6) is 0.891. The van der Waals surface area contributed by atoms with E-state index in [2.05, 4.69) is 31.7 Å². The molecule has 34 heavy (non-hydrogen) atoms. The van der Waals surface area contributed by atoms with Gasteiger partial charge in [-0.1, -0.05) is 6.92 Å². The molecule has 0 saturated carbocycles. The first-order valence-electron chi connectivity index (χ1n) is 11.3.